The number of thiazole rings is 1. The van der Waals surface area contributed by atoms with E-state index in [1.54, 1.807) is 12.1 Å². The van der Waals surface area contributed by atoms with Gasteiger partial charge in [0.2, 0.25) is 5.91 Å². The second kappa shape index (κ2) is 7.76. The van der Waals surface area contributed by atoms with Crippen LogP contribution < -0.4 is 10.6 Å². The first-order chi connectivity index (χ1) is 12.1. The number of hydrogen-bond donors (Lipinski definition) is 2. The van der Waals surface area contributed by atoms with Gasteiger partial charge in [-0.25, -0.2) is 4.98 Å². The van der Waals surface area contributed by atoms with Gasteiger partial charge in [-0.15, -0.1) is 11.3 Å². The Labute approximate surface area is 148 Å². The standard InChI is InChI=1S/C18H17N3O3S/c1-12-5-2-3-6-13(12)14-11-25-18(20-14)21-16(22)8-9-19-17(23)15-7-4-10-24-15/h2-7,10-11H,8-9H2,1H3,(H,19,23)(H,20,21,22). The third kappa shape index (κ3) is 4.33. The summed E-state index contributed by atoms with van der Waals surface area (Å²) in [5.74, 6) is -0.317. The van der Waals surface area contributed by atoms with Gasteiger partial charge in [-0.05, 0) is 24.6 Å². The molecule has 3 aromatic rings. The zero-order valence-electron chi connectivity index (χ0n) is 13.6. The molecule has 7 heteroatoms. The quantitative estimate of drug-likeness (QED) is 0.709. The Morgan fingerprint density at radius 3 is 2.80 bits per heavy atom. The van der Waals surface area contributed by atoms with E-state index in [0.29, 0.717) is 5.13 Å². The number of aromatic nitrogens is 1. The zero-order chi connectivity index (χ0) is 17.6. The molecule has 0 unspecified atom stereocenters. The lowest BCUT2D eigenvalue weighted by Crippen LogP contribution is -2.27. The topological polar surface area (TPSA) is 84.2 Å². The van der Waals surface area contributed by atoms with Gasteiger partial charge in [-0.2, -0.15) is 0 Å². The summed E-state index contributed by atoms with van der Waals surface area (Å²) in [6, 6.07) is 11.2. The highest BCUT2D eigenvalue weighted by Gasteiger charge is 2.11. The molecular formula is C18H17N3O3S. The maximum absolute atomic E-state index is 12.0. The molecule has 0 aliphatic carbocycles. The van der Waals surface area contributed by atoms with E-state index in [4.69, 9.17) is 4.42 Å². The first-order valence-electron chi connectivity index (χ1n) is 7.76. The van der Waals surface area contributed by atoms with Crippen molar-refractivity contribution >= 4 is 28.3 Å². The summed E-state index contributed by atoms with van der Waals surface area (Å²) in [5.41, 5.74) is 3.01. The highest BCUT2D eigenvalue weighted by atomic mass is 32.1. The summed E-state index contributed by atoms with van der Waals surface area (Å²) < 4.78 is 4.98. The van der Waals surface area contributed by atoms with Crippen molar-refractivity contribution in [2.24, 2.45) is 0 Å². The first-order valence-corrected chi connectivity index (χ1v) is 8.64. The third-order valence-electron chi connectivity index (χ3n) is 3.55. The van der Waals surface area contributed by atoms with Gasteiger partial charge < -0.3 is 15.1 Å². The number of nitrogens with zero attached hydrogens (tertiary/aromatic N) is 1. The van der Waals surface area contributed by atoms with E-state index in [0.717, 1.165) is 16.8 Å². The van der Waals surface area contributed by atoms with E-state index in [9.17, 15) is 9.59 Å². The van der Waals surface area contributed by atoms with Crippen LogP contribution in [0.2, 0.25) is 0 Å². The van der Waals surface area contributed by atoms with Crippen molar-refractivity contribution in [3.8, 4) is 11.3 Å². The molecule has 128 valence electrons. The van der Waals surface area contributed by atoms with Gasteiger partial charge in [-0.1, -0.05) is 24.3 Å². The van der Waals surface area contributed by atoms with E-state index in [2.05, 4.69) is 15.6 Å². The van der Waals surface area contributed by atoms with Crippen LogP contribution in [0.15, 0.2) is 52.5 Å². The van der Waals surface area contributed by atoms with E-state index in [-0.39, 0.29) is 30.5 Å². The normalized spacial score (nSPS) is 10.4. The molecule has 0 aliphatic heterocycles. The minimum Gasteiger partial charge on any atom is -0.459 e. The minimum absolute atomic E-state index is 0.158. The number of benzene rings is 1. The molecular weight excluding hydrogens is 338 g/mol. The number of rotatable bonds is 6. The first kappa shape index (κ1) is 16.9. The van der Waals surface area contributed by atoms with Gasteiger partial charge in [0.25, 0.3) is 5.91 Å². The second-order valence-electron chi connectivity index (χ2n) is 5.38. The fourth-order valence-electron chi connectivity index (χ4n) is 2.28. The molecule has 6 nitrogen and oxygen atoms in total. The maximum Gasteiger partial charge on any atom is 0.286 e. The number of amides is 2. The second-order valence-corrected chi connectivity index (χ2v) is 6.24. The summed E-state index contributed by atoms with van der Waals surface area (Å²) >= 11 is 1.37. The van der Waals surface area contributed by atoms with Gasteiger partial charge in [0.1, 0.15) is 0 Å². The van der Waals surface area contributed by atoms with Crippen molar-refractivity contribution in [2.75, 3.05) is 11.9 Å². The highest BCUT2D eigenvalue weighted by Crippen LogP contribution is 2.27. The number of furan rings is 1. The van der Waals surface area contributed by atoms with Crippen LogP contribution in [0.1, 0.15) is 22.5 Å². The van der Waals surface area contributed by atoms with Crippen molar-refractivity contribution in [2.45, 2.75) is 13.3 Å². The summed E-state index contributed by atoms with van der Waals surface area (Å²) in [6.07, 6.45) is 1.59. The molecule has 0 aliphatic rings. The van der Waals surface area contributed by atoms with Gasteiger partial charge in [-0.3, -0.25) is 9.59 Å². The Kier molecular flexibility index (Phi) is 5.25. The van der Waals surface area contributed by atoms with Crippen molar-refractivity contribution in [3.05, 3.63) is 59.4 Å². The van der Waals surface area contributed by atoms with Gasteiger partial charge in [0, 0.05) is 23.9 Å². The molecule has 0 spiro atoms. The fourth-order valence-corrected chi connectivity index (χ4v) is 3.01. The van der Waals surface area contributed by atoms with Crippen LogP contribution in [0.4, 0.5) is 5.13 Å². The van der Waals surface area contributed by atoms with Crippen molar-refractivity contribution in [1.82, 2.24) is 10.3 Å². The van der Waals surface area contributed by atoms with Gasteiger partial charge >= 0.3 is 0 Å². The molecule has 2 aromatic heterocycles. The molecule has 0 radical (unpaired) electrons. The van der Waals surface area contributed by atoms with Crippen molar-refractivity contribution < 1.29 is 14.0 Å². The zero-order valence-corrected chi connectivity index (χ0v) is 14.4. The molecule has 25 heavy (non-hydrogen) atoms. The summed E-state index contributed by atoms with van der Waals surface area (Å²) in [6.45, 7) is 2.25. The lowest BCUT2D eigenvalue weighted by Gasteiger charge is -2.04. The Balaban J connectivity index is 1.50. The lowest BCUT2D eigenvalue weighted by atomic mass is 10.1. The molecule has 2 amide bonds. The molecule has 2 N–H and O–H groups in total. The monoisotopic (exact) mass is 355 g/mol. The Bertz CT molecular complexity index is 871. The summed E-state index contributed by atoms with van der Waals surface area (Å²) in [5, 5.41) is 7.84. The van der Waals surface area contributed by atoms with Crippen molar-refractivity contribution in [1.29, 1.82) is 0 Å². The molecule has 2 heterocycles. The fraction of sp³-hybridized carbons (Fsp3) is 0.167. The van der Waals surface area contributed by atoms with Crippen LogP contribution in [0, 0.1) is 6.92 Å². The number of anilines is 1. The Hall–Kier alpha value is -2.93. The van der Waals surface area contributed by atoms with Gasteiger partial charge in [0.05, 0.1) is 12.0 Å². The van der Waals surface area contributed by atoms with Crippen LogP contribution in [0.3, 0.4) is 0 Å². The minimum atomic E-state index is -0.339. The number of aryl methyl sites for hydroxylation is 1. The molecule has 0 fully saturated rings. The van der Waals surface area contributed by atoms with Crippen LogP contribution in [0.25, 0.3) is 11.3 Å². The lowest BCUT2D eigenvalue weighted by molar-refractivity contribution is -0.116. The Morgan fingerprint density at radius 1 is 1.20 bits per heavy atom. The molecule has 1 aromatic carbocycles. The largest absolute Gasteiger partial charge is 0.459 e. The Morgan fingerprint density at radius 2 is 2.04 bits per heavy atom. The van der Waals surface area contributed by atoms with E-state index < -0.39 is 0 Å². The molecule has 0 bridgehead atoms. The SMILES string of the molecule is Cc1ccccc1-c1csc(NC(=O)CCNC(=O)c2ccco2)n1. The number of carbonyl (C=O) groups excluding carboxylic acids is 2. The van der Waals surface area contributed by atoms with Crippen molar-refractivity contribution in [3.63, 3.8) is 0 Å². The van der Waals surface area contributed by atoms with E-state index in [1.165, 1.54) is 17.6 Å². The predicted octanol–water partition coefficient (Wildman–Crippen LogP) is 3.47. The van der Waals surface area contributed by atoms with Crippen LogP contribution in [-0.4, -0.2) is 23.3 Å². The summed E-state index contributed by atoms with van der Waals surface area (Å²) in [7, 11) is 0. The smallest absolute Gasteiger partial charge is 0.286 e. The van der Waals surface area contributed by atoms with Gasteiger partial charge in [0.15, 0.2) is 10.9 Å². The van der Waals surface area contributed by atoms with Crippen LogP contribution in [0.5, 0.6) is 0 Å². The van der Waals surface area contributed by atoms with E-state index >= 15 is 0 Å². The number of nitrogens with one attached hydrogen (secondary N) is 2. The molecule has 0 saturated heterocycles. The highest BCUT2D eigenvalue weighted by molar-refractivity contribution is 7.14. The average molecular weight is 355 g/mol. The van der Waals surface area contributed by atoms with Crippen LogP contribution >= 0.6 is 11.3 Å². The number of hydrogen-bond acceptors (Lipinski definition) is 5. The summed E-state index contributed by atoms with van der Waals surface area (Å²) in [4.78, 5) is 28.1. The van der Waals surface area contributed by atoms with E-state index in [1.807, 2.05) is 36.6 Å². The predicted molar refractivity (Wildman–Crippen MR) is 96.6 cm³/mol. The average Bonchev–Trinajstić information content (AvgIpc) is 3.27. The molecule has 0 atom stereocenters. The third-order valence-corrected chi connectivity index (χ3v) is 4.31. The molecule has 3 rings (SSSR count). The molecule has 0 saturated carbocycles. The van der Waals surface area contributed by atoms with Crippen LogP contribution in [-0.2, 0) is 4.79 Å². The maximum atomic E-state index is 12.0. The number of carbonyl (C=O) groups is 2.